The van der Waals surface area contributed by atoms with E-state index in [9.17, 15) is 10.0 Å². The third kappa shape index (κ3) is 3.80. The van der Waals surface area contributed by atoms with Gasteiger partial charge in [-0.2, -0.15) is 0 Å². The Bertz CT molecular complexity index is 887. The average Bonchev–Trinajstić information content (AvgIpc) is 3.10. The molecule has 1 heterocycles. The minimum atomic E-state index is -1.47. The number of thiophene rings is 1. The van der Waals surface area contributed by atoms with Crippen molar-refractivity contribution in [2.75, 3.05) is 5.73 Å². The molecule has 3 rings (SSSR count). The molecule has 2 aromatic rings. The van der Waals surface area contributed by atoms with Crippen LogP contribution < -0.4 is 11.2 Å². The summed E-state index contributed by atoms with van der Waals surface area (Å²) in [7, 11) is -1.47. The van der Waals surface area contributed by atoms with Crippen molar-refractivity contribution in [1.82, 2.24) is 0 Å². The number of nitrogens with zero attached hydrogens (tertiary/aromatic N) is 1. The predicted octanol–water partition coefficient (Wildman–Crippen LogP) is 3.11. The van der Waals surface area contributed by atoms with E-state index in [1.807, 2.05) is 6.07 Å². The van der Waals surface area contributed by atoms with Gasteiger partial charge >= 0.3 is 7.12 Å². The van der Waals surface area contributed by atoms with Crippen molar-refractivity contribution in [3.63, 3.8) is 0 Å². The summed E-state index contributed by atoms with van der Waals surface area (Å²) in [5.74, 6) is 0. The van der Waals surface area contributed by atoms with Crippen molar-refractivity contribution in [2.45, 2.75) is 32.6 Å². The first-order chi connectivity index (χ1) is 12.5. The van der Waals surface area contributed by atoms with E-state index < -0.39 is 7.12 Å². The van der Waals surface area contributed by atoms with E-state index >= 15 is 0 Å². The van der Waals surface area contributed by atoms with Crippen LogP contribution >= 0.6 is 11.3 Å². The lowest BCUT2D eigenvalue weighted by atomic mass is 9.83. The predicted molar refractivity (Wildman–Crippen MR) is 111 cm³/mol. The zero-order chi connectivity index (χ0) is 18.7. The van der Waals surface area contributed by atoms with Crippen LogP contribution in [-0.2, 0) is 0 Å². The molecule has 134 valence electrons. The Morgan fingerprint density at radius 1 is 1.27 bits per heavy atom. The summed E-state index contributed by atoms with van der Waals surface area (Å²) in [5.41, 5.74) is 12.2. The van der Waals surface area contributed by atoms with Crippen LogP contribution in [-0.4, -0.2) is 29.6 Å². The number of hydrogen-bond donors (Lipinski definition) is 4. The highest BCUT2D eigenvalue weighted by molar-refractivity contribution is 7.13. The fraction of sp³-hybridized carbons (Fsp3) is 0.263. The molecule has 0 unspecified atom stereocenters. The van der Waals surface area contributed by atoms with Crippen molar-refractivity contribution < 1.29 is 10.0 Å². The van der Waals surface area contributed by atoms with E-state index in [0.29, 0.717) is 16.7 Å². The summed E-state index contributed by atoms with van der Waals surface area (Å²) in [6.07, 6.45) is 7.39. The summed E-state index contributed by atoms with van der Waals surface area (Å²) >= 11 is 1.40. The van der Waals surface area contributed by atoms with Crippen LogP contribution in [0.25, 0.3) is 5.57 Å². The summed E-state index contributed by atoms with van der Waals surface area (Å²) in [5, 5.41) is 28.0. The molecular weight excluding hydrogens is 345 g/mol. The Balaban J connectivity index is 2.06. The number of nitrogens with one attached hydrogen (secondary N) is 1. The molecule has 1 aliphatic carbocycles. The maximum absolute atomic E-state index is 9.24. The molecule has 5 nitrogen and oxygen atoms in total. The number of benzene rings is 1. The number of nitrogen functional groups attached to an aromatic ring is 1. The topological polar surface area (TPSA) is 103 Å². The lowest BCUT2D eigenvalue weighted by Crippen LogP contribution is -2.27. The molecule has 0 aliphatic heterocycles. The summed E-state index contributed by atoms with van der Waals surface area (Å²) in [6, 6.07) is 5.38. The average molecular weight is 367 g/mol. The molecule has 26 heavy (non-hydrogen) atoms. The second kappa shape index (κ2) is 7.99. The van der Waals surface area contributed by atoms with E-state index in [1.54, 1.807) is 23.7 Å². The third-order valence-electron chi connectivity index (χ3n) is 4.72. The number of hydrogen-bond acceptors (Lipinski definition) is 6. The zero-order valence-corrected chi connectivity index (χ0v) is 15.5. The van der Waals surface area contributed by atoms with Gasteiger partial charge in [-0.05, 0) is 67.2 Å². The molecule has 0 saturated heterocycles. The molecule has 0 atom stereocenters. The van der Waals surface area contributed by atoms with Gasteiger partial charge in [0.05, 0.1) is 5.69 Å². The Morgan fingerprint density at radius 3 is 2.69 bits per heavy atom. The molecule has 7 heteroatoms. The normalized spacial score (nSPS) is 14.9. The minimum Gasteiger partial charge on any atom is -0.423 e. The van der Waals surface area contributed by atoms with E-state index in [4.69, 9.17) is 11.1 Å². The summed E-state index contributed by atoms with van der Waals surface area (Å²) in [4.78, 5) is 5.47. The standard InChI is InChI=1S/C19H22BN3O2S/c1-12-4-2-3-5-15(12)19-16(9-21)17(22)6-7-18(19)23-10-14-8-13(11-26-14)20(24)25/h6-11,21,24-25H,2-5,22H2,1H3/b21-9?,23-10+. The first-order valence-corrected chi connectivity index (χ1v) is 9.49. The first kappa shape index (κ1) is 18.6. The Hall–Kier alpha value is -2.22. The van der Waals surface area contributed by atoms with E-state index in [0.717, 1.165) is 35.4 Å². The number of nitrogens with two attached hydrogens (primary N) is 1. The molecule has 0 saturated carbocycles. The van der Waals surface area contributed by atoms with Gasteiger partial charge in [-0.3, -0.25) is 4.99 Å². The minimum absolute atomic E-state index is 0.458. The molecule has 1 aromatic heterocycles. The first-order valence-electron chi connectivity index (χ1n) is 8.62. The van der Waals surface area contributed by atoms with Crippen molar-refractivity contribution in [2.24, 2.45) is 4.99 Å². The van der Waals surface area contributed by atoms with Gasteiger partial charge in [-0.25, -0.2) is 0 Å². The lowest BCUT2D eigenvalue weighted by molar-refractivity contribution is 0.426. The fourth-order valence-corrected chi connectivity index (χ4v) is 4.08. The second-order valence-electron chi connectivity index (χ2n) is 6.49. The zero-order valence-electron chi connectivity index (χ0n) is 14.7. The highest BCUT2D eigenvalue weighted by Crippen LogP contribution is 2.40. The molecule has 5 N–H and O–H groups in total. The van der Waals surface area contributed by atoms with Crippen LogP contribution in [0.4, 0.5) is 11.4 Å². The third-order valence-corrected chi connectivity index (χ3v) is 5.60. The van der Waals surface area contributed by atoms with E-state index in [2.05, 4.69) is 11.9 Å². The van der Waals surface area contributed by atoms with Gasteiger partial charge in [0.1, 0.15) is 0 Å². The van der Waals surface area contributed by atoms with Gasteiger partial charge in [-0.1, -0.05) is 5.57 Å². The molecule has 0 bridgehead atoms. The highest BCUT2D eigenvalue weighted by atomic mass is 32.1. The second-order valence-corrected chi connectivity index (χ2v) is 7.43. The molecule has 0 radical (unpaired) electrons. The highest BCUT2D eigenvalue weighted by Gasteiger charge is 2.19. The van der Waals surface area contributed by atoms with Crippen LogP contribution in [0.1, 0.15) is 48.6 Å². The van der Waals surface area contributed by atoms with Gasteiger partial charge in [0, 0.05) is 34.1 Å². The largest absolute Gasteiger partial charge is 0.489 e. The molecule has 1 aliphatic rings. The van der Waals surface area contributed by atoms with E-state index in [-0.39, 0.29) is 0 Å². The SMILES string of the molecule is CC1=C(c2c(/N=C/c3cc(B(O)O)cs3)ccc(N)c2C=N)CCCC1. The monoisotopic (exact) mass is 367 g/mol. The Kier molecular flexibility index (Phi) is 5.71. The van der Waals surface area contributed by atoms with Crippen molar-refractivity contribution in [1.29, 1.82) is 5.41 Å². The fourth-order valence-electron chi connectivity index (χ4n) is 3.30. The van der Waals surface area contributed by atoms with Crippen LogP contribution in [0, 0.1) is 5.41 Å². The molecule has 0 fully saturated rings. The van der Waals surface area contributed by atoms with Gasteiger partial charge < -0.3 is 21.2 Å². The summed E-state index contributed by atoms with van der Waals surface area (Å²) in [6.45, 7) is 2.15. The Morgan fingerprint density at radius 2 is 2.04 bits per heavy atom. The molecular formula is C19H22BN3O2S. The lowest BCUT2D eigenvalue weighted by Gasteiger charge is -2.21. The Labute approximate surface area is 157 Å². The van der Waals surface area contributed by atoms with Crippen molar-refractivity contribution in [3.05, 3.63) is 45.2 Å². The van der Waals surface area contributed by atoms with Crippen molar-refractivity contribution >= 4 is 53.3 Å². The van der Waals surface area contributed by atoms with Crippen LogP contribution in [0.3, 0.4) is 0 Å². The number of rotatable bonds is 5. The summed E-state index contributed by atoms with van der Waals surface area (Å²) < 4.78 is 0. The molecule has 0 spiro atoms. The number of allylic oxidation sites excluding steroid dienone is 2. The maximum Gasteiger partial charge on any atom is 0.489 e. The van der Waals surface area contributed by atoms with Crippen LogP contribution in [0.2, 0.25) is 0 Å². The quantitative estimate of drug-likeness (QED) is 0.371. The number of aliphatic imine (C=N–C) groups is 1. The van der Waals surface area contributed by atoms with E-state index in [1.165, 1.54) is 35.1 Å². The van der Waals surface area contributed by atoms with Crippen LogP contribution in [0.5, 0.6) is 0 Å². The van der Waals surface area contributed by atoms with Gasteiger partial charge in [-0.15, -0.1) is 11.3 Å². The molecule has 1 aromatic carbocycles. The maximum atomic E-state index is 9.24. The van der Waals surface area contributed by atoms with Gasteiger partial charge in [0.15, 0.2) is 0 Å². The van der Waals surface area contributed by atoms with Crippen molar-refractivity contribution in [3.8, 4) is 0 Å². The molecule has 0 amide bonds. The smallest absolute Gasteiger partial charge is 0.423 e. The van der Waals surface area contributed by atoms with Gasteiger partial charge in [0.2, 0.25) is 0 Å². The van der Waals surface area contributed by atoms with Gasteiger partial charge in [0.25, 0.3) is 0 Å². The van der Waals surface area contributed by atoms with Crippen LogP contribution in [0.15, 0.2) is 34.1 Å². The number of anilines is 1.